The third-order valence-electron chi connectivity index (χ3n) is 2.96. The minimum absolute atomic E-state index is 0.611. The number of aromatic amines is 1. The fraction of sp³-hybridized carbons (Fsp3) is 0.0667. The van der Waals surface area contributed by atoms with E-state index in [-0.39, 0.29) is 0 Å². The molecule has 0 saturated carbocycles. The zero-order valence-electron chi connectivity index (χ0n) is 10.2. The van der Waals surface area contributed by atoms with Crippen LogP contribution in [0.15, 0.2) is 53.6 Å². The van der Waals surface area contributed by atoms with Crippen LogP contribution >= 0.6 is 23.4 Å². The van der Waals surface area contributed by atoms with Crippen molar-refractivity contribution in [2.75, 3.05) is 5.73 Å². The number of aromatic nitrogens is 1. The van der Waals surface area contributed by atoms with Crippen molar-refractivity contribution >= 4 is 40.0 Å². The van der Waals surface area contributed by atoms with Crippen molar-refractivity contribution in [2.45, 2.75) is 10.8 Å². The van der Waals surface area contributed by atoms with E-state index in [4.69, 9.17) is 17.3 Å². The lowest BCUT2D eigenvalue weighted by atomic mass is 10.2. The molecule has 19 heavy (non-hydrogen) atoms. The molecule has 3 aromatic rings. The van der Waals surface area contributed by atoms with Gasteiger partial charge in [0.25, 0.3) is 0 Å². The summed E-state index contributed by atoms with van der Waals surface area (Å²) < 4.78 is 0. The predicted molar refractivity (Wildman–Crippen MR) is 83.7 cm³/mol. The van der Waals surface area contributed by atoms with Crippen molar-refractivity contribution in [2.24, 2.45) is 0 Å². The molecule has 0 unspecified atom stereocenters. The van der Waals surface area contributed by atoms with E-state index >= 15 is 0 Å². The summed E-state index contributed by atoms with van der Waals surface area (Å²) in [5.74, 6) is 0.869. The number of hydrogen-bond donors (Lipinski definition) is 2. The quantitative estimate of drug-likeness (QED) is 0.542. The first-order chi connectivity index (χ1) is 9.22. The van der Waals surface area contributed by atoms with Crippen LogP contribution in [0.5, 0.6) is 0 Å². The third-order valence-corrected chi connectivity index (χ3v) is 4.31. The zero-order valence-corrected chi connectivity index (χ0v) is 11.8. The first-order valence-corrected chi connectivity index (χ1v) is 7.33. The van der Waals surface area contributed by atoms with Gasteiger partial charge in [-0.2, -0.15) is 0 Å². The summed E-state index contributed by atoms with van der Waals surface area (Å²) in [7, 11) is 0. The molecule has 1 heterocycles. The number of H-pyrrole nitrogens is 1. The van der Waals surface area contributed by atoms with Crippen LogP contribution in [-0.4, -0.2) is 4.98 Å². The van der Waals surface area contributed by atoms with Gasteiger partial charge in [0.15, 0.2) is 0 Å². The Hall–Kier alpha value is -1.58. The Kier molecular flexibility index (Phi) is 3.40. The molecule has 0 aliphatic rings. The van der Waals surface area contributed by atoms with Gasteiger partial charge in [-0.15, -0.1) is 11.8 Å². The molecule has 4 heteroatoms. The summed E-state index contributed by atoms with van der Waals surface area (Å²) in [4.78, 5) is 3.40. The number of halogens is 1. The maximum absolute atomic E-state index is 5.91. The summed E-state index contributed by atoms with van der Waals surface area (Å²) in [5, 5.41) is 3.01. The number of thioether (sulfide) groups is 1. The summed E-state index contributed by atoms with van der Waals surface area (Å²) in [6.45, 7) is 0. The van der Waals surface area contributed by atoms with E-state index < -0.39 is 0 Å². The molecule has 2 aromatic carbocycles. The van der Waals surface area contributed by atoms with Crippen LogP contribution in [0.1, 0.15) is 5.56 Å². The topological polar surface area (TPSA) is 41.8 Å². The summed E-state index contributed by atoms with van der Waals surface area (Å²) in [6.07, 6.45) is 0. The Bertz CT molecular complexity index is 688. The van der Waals surface area contributed by atoms with E-state index in [1.165, 1.54) is 16.5 Å². The van der Waals surface area contributed by atoms with Gasteiger partial charge >= 0.3 is 0 Å². The second-order valence-electron chi connectivity index (χ2n) is 4.37. The molecule has 0 saturated heterocycles. The van der Waals surface area contributed by atoms with Crippen molar-refractivity contribution < 1.29 is 0 Å². The normalized spacial score (nSPS) is 11.0. The van der Waals surface area contributed by atoms with Crippen molar-refractivity contribution in [3.63, 3.8) is 0 Å². The molecule has 0 spiro atoms. The number of benzene rings is 2. The molecule has 0 radical (unpaired) electrons. The van der Waals surface area contributed by atoms with E-state index in [1.54, 1.807) is 11.8 Å². The highest BCUT2D eigenvalue weighted by Crippen LogP contribution is 2.28. The molecule has 0 aliphatic heterocycles. The summed E-state index contributed by atoms with van der Waals surface area (Å²) in [6, 6.07) is 16.2. The highest BCUT2D eigenvalue weighted by molar-refractivity contribution is 7.98. The number of anilines is 1. The summed E-state index contributed by atoms with van der Waals surface area (Å²) >= 11 is 7.67. The average Bonchev–Trinajstić information content (AvgIpc) is 2.83. The number of hydrogen-bond acceptors (Lipinski definition) is 2. The molecule has 2 nitrogen and oxygen atoms in total. The number of nitrogens with one attached hydrogen (secondary N) is 1. The molecule has 0 bridgehead atoms. The van der Waals surface area contributed by atoms with Crippen LogP contribution in [0.3, 0.4) is 0 Å². The molecule has 0 aliphatic carbocycles. The smallest absolute Gasteiger partial charge is 0.0735 e. The van der Waals surface area contributed by atoms with Gasteiger partial charge in [-0.3, -0.25) is 0 Å². The standard InChI is InChI=1S/C15H13ClN2S/c16-12-6-5-10(7-13(12)17)9-19-15-8-11-3-1-2-4-14(11)18-15/h1-8,18H,9,17H2. The lowest BCUT2D eigenvalue weighted by Crippen LogP contribution is -1.88. The molecule has 3 N–H and O–H groups in total. The molecule has 0 atom stereocenters. The van der Waals surface area contributed by atoms with Gasteiger partial charge < -0.3 is 10.7 Å². The van der Waals surface area contributed by atoms with Gasteiger partial charge in [-0.05, 0) is 29.8 Å². The van der Waals surface area contributed by atoms with Crippen LogP contribution < -0.4 is 5.73 Å². The molecular weight excluding hydrogens is 276 g/mol. The third kappa shape index (κ3) is 2.72. The van der Waals surface area contributed by atoms with E-state index in [2.05, 4.69) is 23.2 Å². The molecular formula is C15H13ClN2S. The van der Waals surface area contributed by atoms with Crippen molar-refractivity contribution in [3.8, 4) is 0 Å². The Morgan fingerprint density at radius 1 is 1.11 bits per heavy atom. The van der Waals surface area contributed by atoms with E-state index in [0.29, 0.717) is 10.7 Å². The van der Waals surface area contributed by atoms with E-state index in [1.807, 2.05) is 30.3 Å². The fourth-order valence-corrected chi connectivity index (χ4v) is 2.98. The maximum Gasteiger partial charge on any atom is 0.0735 e. The van der Waals surface area contributed by atoms with Gasteiger partial charge in [-0.1, -0.05) is 35.9 Å². The van der Waals surface area contributed by atoms with Gasteiger partial charge in [0.05, 0.1) is 15.7 Å². The van der Waals surface area contributed by atoms with Gasteiger partial charge in [0.2, 0.25) is 0 Å². The number of fused-ring (bicyclic) bond motifs is 1. The van der Waals surface area contributed by atoms with Crippen LogP contribution in [0.4, 0.5) is 5.69 Å². The predicted octanol–water partition coefficient (Wildman–Crippen LogP) is 4.70. The first kappa shape index (κ1) is 12.5. The SMILES string of the molecule is Nc1cc(CSc2cc3ccccc3[nH]2)ccc1Cl. The Balaban J connectivity index is 1.76. The van der Waals surface area contributed by atoms with Crippen LogP contribution in [0, 0.1) is 0 Å². The van der Waals surface area contributed by atoms with E-state index in [9.17, 15) is 0 Å². The zero-order chi connectivity index (χ0) is 13.2. The minimum Gasteiger partial charge on any atom is -0.398 e. The monoisotopic (exact) mass is 288 g/mol. The second-order valence-corrected chi connectivity index (χ2v) is 5.79. The largest absolute Gasteiger partial charge is 0.398 e. The molecule has 0 amide bonds. The lowest BCUT2D eigenvalue weighted by molar-refractivity contribution is 1.23. The minimum atomic E-state index is 0.611. The first-order valence-electron chi connectivity index (χ1n) is 5.97. The maximum atomic E-state index is 5.91. The van der Waals surface area contributed by atoms with Crippen LogP contribution in [-0.2, 0) is 5.75 Å². The van der Waals surface area contributed by atoms with Crippen LogP contribution in [0.25, 0.3) is 10.9 Å². The number of nitrogen functional groups attached to an aromatic ring is 1. The van der Waals surface area contributed by atoms with Gasteiger partial charge in [0.1, 0.15) is 0 Å². The van der Waals surface area contributed by atoms with Crippen molar-refractivity contribution in [3.05, 3.63) is 59.1 Å². The molecule has 96 valence electrons. The van der Waals surface area contributed by atoms with Gasteiger partial charge in [0, 0.05) is 16.7 Å². The number of nitrogens with two attached hydrogens (primary N) is 1. The molecule has 3 rings (SSSR count). The Morgan fingerprint density at radius 2 is 1.95 bits per heavy atom. The summed E-state index contributed by atoms with van der Waals surface area (Å²) in [5.41, 5.74) is 8.78. The molecule has 0 fully saturated rings. The highest BCUT2D eigenvalue weighted by atomic mass is 35.5. The number of para-hydroxylation sites is 1. The fourth-order valence-electron chi connectivity index (χ4n) is 1.97. The molecule has 1 aromatic heterocycles. The van der Waals surface area contributed by atoms with Gasteiger partial charge in [-0.25, -0.2) is 0 Å². The van der Waals surface area contributed by atoms with E-state index in [0.717, 1.165) is 10.8 Å². The van der Waals surface area contributed by atoms with Crippen LogP contribution in [0.2, 0.25) is 5.02 Å². The Labute approximate surface area is 121 Å². The average molecular weight is 289 g/mol. The highest BCUT2D eigenvalue weighted by Gasteiger charge is 2.03. The lowest BCUT2D eigenvalue weighted by Gasteiger charge is -2.03. The second kappa shape index (κ2) is 5.19. The number of rotatable bonds is 3. The Morgan fingerprint density at radius 3 is 2.74 bits per heavy atom. The van der Waals surface area contributed by atoms with Crippen molar-refractivity contribution in [1.29, 1.82) is 0 Å². The van der Waals surface area contributed by atoms with Crippen molar-refractivity contribution in [1.82, 2.24) is 4.98 Å².